The maximum atomic E-state index is 16.8. The number of hydrogen-bond acceptors (Lipinski definition) is 6. The second-order valence-electron chi connectivity index (χ2n) is 11.1. The number of ether oxygens (including phenoxy) is 1. The molecule has 11 heteroatoms. The van der Waals surface area contributed by atoms with Gasteiger partial charge in [-0.15, -0.1) is 0 Å². The van der Waals surface area contributed by atoms with Crippen LogP contribution < -0.4 is 15.2 Å². The number of likely N-dealkylation sites (tertiary alicyclic amines) is 1. The van der Waals surface area contributed by atoms with Gasteiger partial charge >= 0.3 is 0 Å². The molecule has 3 aromatic rings. The molecule has 3 aliphatic rings. The number of halogens is 3. The number of hydrogen-bond donors (Lipinski definition) is 1. The average Bonchev–Trinajstić information content (AvgIpc) is 3.35. The van der Waals surface area contributed by atoms with E-state index < -0.39 is 22.9 Å². The summed E-state index contributed by atoms with van der Waals surface area (Å²) in [5.41, 5.74) is -0.803. The number of pyridine rings is 1. The summed E-state index contributed by atoms with van der Waals surface area (Å²) in [6, 6.07) is 4.69. The van der Waals surface area contributed by atoms with E-state index in [2.05, 4.69) is 11.5 Å². The Morgan fingerprint density at radius 1 is 1.27 bits per heavy atom. The van der Waals surface area contributed by atoms with Gasteiger partial charge in [0.2, 0.25) is 11.7 Å². The van der Waals surface area contributed by atoms with Crippen molar-refractivity contribution in [1.29, 1.82) is 0 Å². The first-order chi connectivity index (χ1) is 19.6. The third kappa shape index (κ3) is 4.35. The second kappa shape index (κ2) is 10.3. The number of piperazine rings is 1. The molecule has 6 rings (SSSR count). The quantitative estimate of drug-likeness (QED) is 0.459. The molecule has 4 heterocycles. The first-order valence-corrected chi connectivity index (χ1v) is 14.1. The van der Waals surface area contributed by atoms with Gasteiger partial charge in [-0.1, -0.05) is 24.2 Å². The Morgan fingerprint density at radius 2 is 2.05 bits per heavy atom. The summed E-state index contributed by atoms with van der Waals surface area (Å²) in [7, 11) is 1.96. The fourth-order valence-electron chi connectivity index (χ4n) is 6.56. The Bertz CT molecular complexity index is 1620. The average molecular weight is 585 g/mol. The van der Waals surface area contributed by atoms with E-state index in [0.717, 1.165) is 25.5 Å². The first kappa shape index (κ1) is 27.5. The highest BCUT2D eigenvalue weighted by atomic mass is 35.5. The SMILES string of the molecule is C=CC(=O)N1CC2COc3c(c4cc(Cl)c(-c5c(O)cccc5F)c(F)c4n(CC4CCCN4C)c3=O)N2CC1C. The largest absolute Gasteiger partial charge is 0.507 e. The highest BCUT2D eigenvalue weighted by molar-refractivity contribution is 6.34. The zero-order chi connectivity index (χ0) is 29.2. The second-order valence-corrected chi connectivity index (χ2v) is 11.5. The maximum absolute atomic E-state index is 16.8. The van der Waals surface area contributed by atoms with Crippen LogP contribution in [0.25, 0.3) is 22.0 Å². The lowest BCUT2D eigenvalue weighted by molar-refractivity contribution is -0.129. The minimum Gasteiger partial charge on any atom is -0.507 e. The van der Waals surface area contributed by atoms with Gasteiger partial charge in [0.15, 0.2) is 5.82 Å². The molecule has 2 fully saturated rings. The van der Waals surface area contributed by atoms with Crippen molar-refractivity contribution in [2.45, 2.75) is 44.4 Å². The zero-order valence-electron chi connectivity index (χ0n) is 22.9. The van der Waals surface area contributed by atoms with Crippen molar-refractivity contribution >= 4 is 34.1 Å². The van der Waals surface area contributed by atoms with Gasteiger partial charge in [0.05, 0.1) is 27.8 Å². The summed E-state index contributed by atoms with van der Waals surface area (Å²) >= 11 is 6.67. The number of aromatic nitrogens is 1. The molecular weight excluding hydrogens is 554 g/mol. The molecule has 1 aromatic heterocycles. The third-order valence-corrected chi connectivity index (χ3v) is 8.98. The van der Waals surface area contributed by atoms with Crippen LogP contribution in [0.2, 0.25) is 5.02 Å². The number of nitrogens with zero attached hydrogens (tertiary/aromatic N) is 4. The molecule has 0 radical (unpaired) electrons. The van der Waals surface area contributed by atoms with Crippen LogP contribution in [-0.4, -0.2) is 76.8 Å². The number of carbonyl (C=O) groups is 1. The number of phenols is 1. The standard InChI is InChI=1S/C30H31ClF2N4O4/c1-4-23(39)35-14-18-15-41-29-28(36(18)12-16(35)2)19-11-20(31)24(25-21(32)8-5-9-22(25)38)26(33)27(19)37(30(29)40)13-17-7-6-10-34(17)3/h4-5,8-9,11,16-18,38H,1,6-7,10,12-15H2,2-3H3. The summed E-state index contributed by atoms with van der Waals surface area (Å²) in [6.07, 6.45) is 3.05. The lowest BCUT2D eigenvalue weighted by Gasteiger charge is -2.48. The Kier molecular flexibility index (Phi) is 6.94. The predicted molar refractivity (Wildman–Crippen MR) is 154 cm³/mol. The van der Waals surface area contributed by atoms with Crippen molar-refractivity contribution in [3.63, 3.8) is 0 Å². The van der Waals surface area contributed by atoms with Crippen LogP contribution in [0, 0.1) is 11.6 Å². The molecule has 3 unspecified atom stereocenters. The third-order valence-electron chi connectivity index (χ3n) is 8.68. The molecule has 216 valence electrons. The number of amides is 1. The molecule has 1 N–H and O–H groups in total. The van der Waals surface area contributed by atoms with Crippen LogP contribution in [-0.2, 0) is 11.3 Å². The van der Waals surface area contributed by atoms with Crippen LogP contribution in [0.3, 0.4) is 0 Å². The van der Waals surface area contributed by atoms with Gasteiger partial charge in [0.25, 0.3) is 5.56 Å². The van der Waals surface area contributed by atoms with Crippen LogP contribution in [0.15, 0.2) is 41.7 Å². The normalized spacial score (nSPS) is 22.4. The Hall–Kier alpha value is -3.63. The fraction of sp³-hybridized carbons (Fsp3) is 0.400. The topological polar surface area (TPSA) is 78.2 Å². The summed E-state index contributed by atoms with van der Waals surface area (Å²) in [5, 5.41) is 10.7. The van der Waals surface area contributed by atoms with E-state index in [4.69, 9.17) is 16.3 Å². The monoisotopic (exact) mass is 584 g/mol. The molecule has 0 aliphatic carbocycles. The lowest BCUT2D eigenvalue weighted by atomic mass is 9.97. The van der Waals surface area contributed by atoms with Crippen LogP contribution in [0.5, 0.6) is 11.5 Å². The molecule has 0 spiro atoms. The fourth-order valence-corrected chi connectivity index (χ4v) is 6.85. The molecule has 1 amide bonds. The van der Waals surface area contributed by atoms with E-state index in [9.17, 15) is 19.1 Å². The summed E-state index contributed by atoms with van der Waals surface area (Å²) in [6.45, 7) is 7.43. The van der Waals surface area contributed by atoms with Crippen LogP contribution in [0.1, 0.15) is 19.8 Å². The highest BCUT2D eigenvalue weighted by Gasteiger charge is 2.41. The number of rotatable bonds is 4. The molecule has 2 saturated heterocycles. The smallest absolute Gasteiger partial charge is 0.295 e. The number of anilines is 1. The molecule has 0 bridgehead atoms. The van der Waals surface area contributed by atoms with Gasteiger partial charge in [-0.25, -0.2) is 8.78 Å². The lowest BCUT2D eigenvalue weighted by Crippen LogP contribution is -2.62. The van der Waals surface area contributed by atoms with Crippen LogP contribution >= 0.6 is 11.6 Å². The minimum absolute atomic E-state index is 0.0147. The minimum atomic E-state index is -0.899. The molecule has 3 aliphatic heterocycles. The number of aromatic hydroxyl groups is 1. The van der Waals surface area contributed by atoms with Gasteiger partial charge in [-0.2, -0.15) is 0 Å². The molecule has 41 heavy (non-hydrogen) atoms. The highest BCUT2D eigenvalue weighted by Crippen LogP contribution is 2.46. The number of fused-ring (bicyclic) bond motifs is 5. The van der Waals surface area contributed by atoms with E-state index in [1.165, 1.54) is 28.8 Å². The summed E-state index contributed by atoms with van der Waals surface area (Å²) in [5.74, 6) is -2.31. The number of likely N-dealkylation sites (N-methyl/N-ethyl adjacent to an activating group) is 1. The molecule has 8 nitrogen and oxygen atoms in total. The van der Waals surface area contributed by atoms with Crippen molar-refractivity contribution in [2.75, 3.05) is 38.2 Å². The zero-order valence-corrected chi connectivity index (χ0v) is 23.6. The van der Waals surface area contributed by atoms with Gasteiger partial charge in [-0.3, -0.25) is 9.59 Å². The van der Waals surface area contributed by atoms with Crippen molar-refractivity contribution in [1.82, 2.24) is 14.4 Å². The Morgan fingerprint density at radius 3 is 2.73 bits per heavy atom. The number of carbonyl (C=O) groups excluding carboxylic acids is 1. The Balaban J connectivity index is 1.62. The van der Waals surface area contributed by atoms with Gasteiger partial charge < -0.3 is 29.1 Å². The van der Waals surface area contributed by atoms with E-state index >= 15 is 4.39 Å². The van der Waals surface area contributed by atoms with Crippen molar-refractivity contribution in [3.05, 3.63) is 63.9 Å². The molecule has 0 saturated carbocycles. The summed E-state index contributed by atoms with van der Waals surface area (Å²) in [4.78, 5) is 32.4. The number of benzene rings is 2. The van der Waals surface area contributed by atoms with Crippen molar-refractivity contribution in [3.8, 4) is 22.6 Å². The molecule has 3 atom stereocenters. The van der Waals surface area contributed by atoms with E-state index in [0.29, 0.717) is 24.2 Å². The maximum Gasteiger partial charge on any atom is 0.295 e. The van der Waals surface area contributed by atoms with Crippen molar-refractivity contribution in [2.24, 2.45) is 0 Å². The summed E-state index contributed by atoms with van der Waals surface area (Å²) < 4.78 is 39.3. The molecular formula is C30H31ClF2N4O4. The van der Waals surface area contributed by atoms with Gasteiger partial charge in [0, 0.05) is 42.7 Å². The van der Waals surface area contributed by atoms with E-state index in [-0.39, 0.29) is 64.6 Å². The Labute approximate surface area is 241 Å². The predicted octanol–water partition coefficient (Wildman–Crippen LogP) is 4.38. The first-order valence-electron chi connectivity index (χ1n) is 13.7. The number of phenolic OH excluding ortho intramolecular Hbond substituents is 1. The van der Waals surface area contributed by atoms with Gasteiger partial charge in [-0.05, 0) is 57.6 Å². The van der Waals surface area contributed by atoms with E-state index in [1.54, 1.807) is 4.90 Å². The van der Waals surface area contributed by atoms with Crippen LogP contribution in [0.4, 0.5) is 14.5 Å². The van der Waals surface area contributed by atoms with Gasteiger partial charge in [0.1, 0.15) is 18.2 Å². The van der Waals surface area contributed by atoms with Crippen molar-refractivity contribution < 1.29 is 23.4 Å². The molecule has 2 aromatic carbocycles. The van der Waals surface area contributed by atoms with E-state index in [1.807, 2.05) is 18.9 Å².